The van der Waals surface area contributed by atoms with Crippen molar-refractivity contribution in [1.29, 1.82) is 0 Å². The minimum absolute atomic E-state index is 0.0255. The van der Waals surface area contributed by atoms with Gasteiger partial charge in [-0.3, -0.25) is 9.59 Å². The minimum Gasteiger partial charge on any atom is -0.379 e. The van der Waals surface area contributed by atoms with Crippen molar-refractivity contribution >= 4 is 17.5 Å². The van der Waals surface area contributed by atoms with Crippen molar-refractivity contribution < 1.29 is 19.1 Å². The lowest BCUT2D eigenvalue weighted by atomic mass is 9.87. The van der Waals surface area contributed by atoms with Crippen molar-refractivity contribution in [2.24, 2.45) is 0 Å². The van der Waals surface area contributed by atoms with E-state index in [1.54, 1.807) is 18.2 Å². The molecule has 2 aromatic carbocycles. The van der Waals surface area contributed by atoms with Crippen molar-refractivity contribution in [1.82, 2.24) is 5.32 Å². The maximum Gasteiger partial charge on any atom is 0.251 e. The zero-order valence-corrected chi connectivity index (χ0v) is 18.3. The third kappa shape index (κ3) is 7.97. The predicted molar refractivity (Wildman–Crippen MR) is 119 cm³/mol. The van der Waals surface area contributed by atoms with E-state index in [1.165, 1.54) is 0 Å². The van der Waals surface area contributed by atoms with Crippen LogP contribution in [0.4, 0.5) is 5.69 Å². The van der Waals surface area contributed by atoms with Crippen molar-refractivity contribution in [2.75, 3.05) is 31.7 Å². The molecule has 0 aliphatic carbocycles. The molecule has 0 fully saturated rings. The molecule has 162 valence electrons. The third-order valence-corrected chi connectivity index (χ3v) is 4.48. The highest BCUT2D eigenvalue weighted by molar-refractivity contribution is 5.99. The number of ether oxygens (including phenoxy) is 2. The average Bonchev–Trinajstić information content (AvgIpc) is 2.71. The van der Waals surface area contributed by atoms with E-state index in [0.717, 1.165) is 11.1 Å². The lowest BCUT2D eigenvalue weighted by molar-refractivity contribution is -0.115. The van der Waals surface area contributed by atoms with Gasteiger partial charge < -0.3 is 20.1 Å². The molecule has 0 saturated carbocycles. The van der Waals surface area contributed by atoms with Crippen molar-refractivity contribution in [3.05, 3.63) is 65.2 Å². The van der Waals surface area contributed by atoms with Crippen LogP contribution in [0.3, 0.4) is 0 Å². The summed E-state index contributed by atoms with van der Waals surface area (Å²) in [4.78, 5) is 24.5. The van der Waals surface area contributed by atoms with Crippen LogP contribution in [-0.4, -0.2) is 38.2 Å². The Morgan fingerprint density at radius 1 is 0.967 bits per heavy atom. The summed E-state index contributed by atoms with van der Waals surface area (Å²) < 4.78 is 10.8. The van der Waals surface area contributed by atoms with Gasteiger partial charge in [0, 0.05) is 17.9 Å². The molecule has 0 aromatic heterocycles. The van der Waals surface area contributed by atoms with Gasteiger partial charge in [0.1, 0.15) is 0 Å². The van der Waals surface area contributed by atoms with Crippen LogP contribution in [0.25, 0.3) is 0 Å². The molecule has 30 heavy (non-hydrogen) atoms. The smallest absolute Gasteiger partial charge is 0.251 e. The predicted octanol–water partition coefficient (Wildman–Crippen LogP) is 3.91. The van der Waals surface area contributed by atoms with E-state index >= 15 is 0 Å². The minimum atomic E-state index is -0.288. The van der Waals surface area contributed by atoms with Gasteiger partial charge in [0.15, 0.2) is 0 Å². The molecule has 0 spiro atoms. The van der Waals surface area contributed by atoms with Gasteiger partial charge in [-0.05, 0) is 47.7 Å². The van der Waals surface area contributed by atoms with Gasteiger partial charge >= 0.3 is 0 Å². The second kappa shape index (κ2) is 11.5. The Balaban J connectivity index is 1.80. The molecule has 6 nitrogen and oxygen atoms in total. The molecule has 2 rings (SSSR count). The Bertz CT molecular complexity index is 826. The second-order valence-corrected chi connectivity index (χ2v) is 8.01. The standard InChI is InChI=1S/C24H32N2O4/c1-5-29-13-14-30-17-18-7-6-8-21(15-18)26-22(27)16-25-23(28)19-9-11-20(12-10-19)24(2,3)4/h6-12,15H,5,13-14,16-17H2,1-4H3,(H,25,28)(H,26,27). The van der Waals surface area contributed by atoms with Gasteiger partial charge in [-0.2, -0.15) is 0 Å². The summed E-state index contributed by atoms with van der Waals surface area (Å²) in [6, 6.07) is 14.9. The first-order chi connectivity index (χ1) is 14.3. The largest absolute Gasteiger partial charge is 0.379 e. The molecule has 0 atom stereocenters. The molecule has 2 aromatic rings. The maximum absolute atomic E-state index is 12.3. The number of anilines is 1. The quantitative estimate of drug-likeness (QED) is 0.580. The van der Waals surface area contributed by atoms with Crippen molar-refractivity contribution in [3.63, 3.8) is 0 Å². The topological polar surface area (TPSA) is 76.7 Å². The van der Waals surface area contributed by atoms with Crippen molar-refractivity contribution in [3.8, 4) is 0 Å². The van der Waals surface area contributed by atoms with E-state index in [4.69, 9.17) is 9.47 Å². The summed E-state index contributed by atoms with van der Waals surface area (Å²) in [7, 11) is 0. The monoisotopic (exact) mass is 412 g/mol. The summed E-state index contributed by atoms with van der Waals surface area (Å²) >= 11 is 0. The molecule has 0 radical (unpaired) electrons. The van der Waals surface area contributed by atoms with E-state index in [-0.39, 0.29) is 23.8 Å². The van der Waals surface area contributed by atoms with Crippen LogP contribution < -0.4 is 10.6 Å². The number of amides is 2. The van der Waals surface area contributed by atoms with Crippen LogP contribution in [0.1, 0.15) is 49.2 Å². The summed E-state index contributed by atoms with van der Waals surface area (Å²) in [5.41, 5.74) is 3.32. The van der Waals surface area contributed by atoms with Crippen LogP contribution >= 0.6 is 0 Å². The van der Waals surface area contributed by atoms with Gasteiger partial charge in [-0.1, -0.05) is 45.0 Å². The van der Waals surface area contributed by atoms with Gasteiger partial charge in [0.25, 0.3) is 5.91 Å². The Morgan fingerprint density at radius 3 is 2.33 bits per heavy atom. The van der Waals surface area contributed by atoms with Crippen LogP contribution in [-0.2, 0) is 26.3 Å². The first kappa shape index (κ1) is 23.6. The van der Waals surface area contributed by atoms with Crippen LogP contribution in [0, 0.1) is 0 Å². The fourth-order valence-corrected chi connectivity index (χ4v) is 2.78. The molecular formula is C24H32N2O4. The zero-order chi connectivity index (χ0) is 22.0. The molecule has 6 heteroatoms. The molecule has 2 amide bonds. The van der Waals surface area contributed by atoms with E-state index in [2.05, 4.69) is 31.4 Å². The van der Waals surface area contributed by atoms with Crippen molar-refractivity contribution in [2.45, 2.75) is 39.7 Å². The number of benzene rings is 2. The normalized spacial score (nSPS) is 11.2. The summed E-state index contributed by atoms with van der Waals surface area (Å²) in [5.74, 6) is -0.564. The average molecular weight is 413 g/mol. The number of carbonyl (C=O) groups excluding carboxylic acids is 2. The van der Waals surface area contributed by atoms with E-state index in [9.17, 15) is 9.59 Å². The third-order valence-electron chi connectivity index (χ3n) is 4.48. The van der Waals surface area contributed by atoms with Crippen LogP contribution in [0.2, 0.25) is 0 Å². The molecule has 2 N–H and O–H groups in total. The Morgan fingerprint density at radius 2 is 1.67 bits per heavy atom. The van der Waals surface area contributed by atoms with Crippen LogP contribution in [0.5, 0.6) is 0 Å². The van der Waals surface area contributed by atoms with Gasteiger partial charge in [-0.25, -0.2) is 0 Å². The Kier molecular flexibility index (Phi) is 9.02. The molecule has 0 bridgehead atoms. The van der Waals surface area contributed by atoms with Gasteiger partial charge in [-0.15, -0.1) is 0 Å². The number of rotatable bonds is 10. The lowest BCUT2D eigenvalue weighted by Gasteiger charge is -2.19. The Hall–Kier alpha value is -2.70. The zero-order valence-electron chi connectivity index (χ0n) is 18.3. The number of nitrogens with one attached hydrogen (secondary N) is 2. The van der Waals surface area contributed by atoms with Gasteiger partial charge in [0.05, 0.1) is 26.4 Å². The highest BCUT2D eigenvalue weighted by Crippen LogP contribution is 2.22. The molecule has 0 aliphatic rings. The first-order valence-corrected chi connectivity index (χ1v) is 10.2. The van der Waals surface area contributed by atoms with E-state index in [0.29, 0.717) is 37.7 Å². The van der Waals surface area contributed by atoms with Gasteiger partial charge in [0.2, 0.25) is 5.91 Å². The Labute approximate surface area is 179 Å². The molecule has 0 heterocycles. The molecule has 0 unspecified atom stereocenters. The number of carbonyl (C=O) groups is 2. The number of hydrogen-bond acceptors (Lipinski definition) is 4. The maximum atomic E-state index is 12.3. The van der Waals surface area contributed by atoms with E-state index in [1.807, 2.05) is 37.3 Å². The summed E-state index contributed by atoms with van der Waals surface area (Å²) in [6.07, 6.45) is 0. The fraction of sp³-hybridized carbons (Fsp3) is 0.417. The highest BCUT2D eigenvalue weighted by atomic mass is 16.5. The summed E-state index contributed by atoms with van der Waals surface area (Å²) in [5, 5.41) is 5.45. The first-order valence-electron chi connectivity index (χ1n) is 10.2. The summed E-state index contributed by atoms with van der Waals surface area (Å²) in [6.45, 7) is 10.4. The van der Waals surface area contributed by atoms with Crippen LogP contribution in [0.15, 0.2) is 48.5 Å². The molecule has 0 aliphatic heterocycles. The second-order valence-electron chi connectivity index (χ2n) is 8.01. The highest BCUT2D eigenvalue weighted by Gasteiger charge is 2.14. The van der Waals surface area contributed by atoms with E-state index < -0.39 is 0 Å². The SMILES string of the molecule is CCOCCOCc1cccc(NC(=O)CNC(=O)c2ccc(C(C)(C)C)cc2)c1. The number of hydrogen-bond donors (Lipinski definition) is 2. The molecule has 0 saturated heterocycles. The lowest BCUT2D eigenvalue weighted by Crippen LogP contribution is -2.32. The molecular weight excluding hydrogens is 380 g/mol. The fourth-order valence-electron chi connectivity index (χ4n) is 2.78.